The third-order valence-corrected chi connectivity index (χ3v) is 4.34. The molecule has 0 atom stereocenters. The summed E-state index contributed by atoms with van der Waals surface area (Å²) in [7, 11) is 0. The summed E-state index contributed by atoms with van der Waals surface area (Å²) >= 11 is 0. The minimum absolute atomic E-state index is 0.133. The van der Waals surface area contributed by atoms with Gasteiger partial charge in [0, 0.05) is 24.8 Å². The molecule has 1 aromatic rings. The number of rotatable bonds is 5. The molecule has 2 aliphatic rings. The van der Waals surface area contributed by atoms with E-state index < -0.39 is 0 Å². The summed E-state index contributed by atoms with van der Waals surface area (Å²) in [5.74, 6) is 0.750. The van der Waals surface area contributed by atoms with E-state index in [9.17, 15) is 4.79 Å². The van der Waals surface area contributed by atoms with Gasteiger partial charge in [-0.05, 0) is 43.6 Å². The van der Waals surface area contributed by atoms with Crippen LogP contribution in [0.25, 0.3) is 0 Å². The molecule has 0 unspecified atom stereocenters. The molecule has 0 aromatic carbocycles. The second-order valence-corrected chi connectivity index (χ2v) is 5.68. The maximum atomic E-state index is 11.8. The zero-order valence-electron chi connectivity index (χ0n) is 11.4. The Hall–Kier alpha value is -1.13. The van der Waals surface area contributed by atoms with E-state index in [0.29, 0.717) is 6.54 Å². The summed E-state index contributed by atoms with van der Waals surface area (Å²) < 4.78 is 1.92. The lowest BCUT2D eigenvalue weighted by molar-refractivity contribution is -0.00446. The molecule has 3 rings (SSSR count). The van der Waals surface area contributed by atoms with Gasteiger partial charge in [0.05, 0.1) is 6.61 Å². The van der Waals surface area contributed by atoms with Crippen LogP contribution in [-0.2, 0) is 24.3 Å². The fourth-order valence-electron chi connectivity index (χ4n) is 2.89. The standard InChI is InChI=1S/C15H22N2O2/c18-15-8-7-13(14-6-1-2-9-17(14)15)10-16-19-11-12-4-3-5-12/h7-8,12,16H,1-6,9-11H2. The van der Waals surface area contributed by atoms with Gasteiger partial charge in [-0.3, -0.25) is 4.79 Å². The summed E-state index contributed by atoms with van der Waals surface area (Å²) in [5, 5.41) is 0. The van der Waals surface area contributed by atoms with Gasteiger partial charge in [0.25, 0.3) is 5.56 Å². The van der Waals surface area contributed by atoms with Gasteiger partial charge in [-0.25, -0.2) is 0 Å². The molecular formula is C15H22N2O2. The SMILES string of the molecule is O=c1ccc(CNOCC2CCC2)c2n1CCCC2. The quantitative estimate of drug-likeness (QED) is 0.652. The number of hydrogen-bond donors (Lipinski definition) is 1. The van der Waals surface area contributed by atoms with Gasteiger partial charge in [0.15, 0.2) is 0 Å². The summed E-state index contributed by atoms with van der Waals surface area (Å²) in [6.45, 7) is 2.38. The van der Waals surface area contributed by atoms with E-state index in [1.165, 1.54) is 36.9 Å². The molecule has 0 bridgehead atoms. The van der Waals surface area contributed by atoms with E-state index in [2.05, 4.69) is 5.48 Å². The Labute approximate surface area is 113 Å². The molecule has 19 heavy (non-hydrogen) atoms. The molecule has 1 aromatic heterocycles. The monoisotopic (exact) mass is 262 g/mol. The van der Waals surface area contributed by atoms with Gasteiger partial charge in [0.1, 0.15) is 0 Å². The Balaban J connectivity index is 1.59. The van der Waals surface area contributed by atoms with Crippen LogP contribution < -0.4 is 11.0 Å². The first kappa shape index (κ1) is 12.9. The minimum Gasteiger partial charge on any atom is -0.312 e. The van der Waals surface area contributed by atoms with Crippen molar-refractivity contribution in [1.29, 1.82) is 0 Å². The average Bonchev–Trinajstić information content (AvgIpc) is 2.39. The predicted octanol–water partition coefficient (Wildman–Crippen LogP) is 2.01. The van der Waals surface area contributed by atoms with E-state index in [-0.39, 0.29) is 5.56 Å². The largest absolute Gasteiger partial charge is 0.312 e. The zero-order chi connectivity index (χ0) is 13.1. The van der Waals surface area contributed by atoms with Crippen LogP contribution in [0.3, 0.4) is 0 Å². The third kappa shape index (κ3) is 2.90. The molecule has 0 amide bonds. The van der Waals surface area contributed by atoms with Crippen molar-refractivity contribution < 1.29 is 4.84 Å². The van der Waals surface area contributed by atoms with Crippen molar-refractivity contribution in [3.05, 3.63) is 33.7 Å². The molecule has 4 nitrogen and oxygen atoms in total. The number of aromatic nitrogens is 1. The molecule has 0 radical (unpaired) electrons. The van der Waals surface area contributed by atoms with Crippen LogP contribution in [0.4, 0.5) is 0 Å². The summed E-state index contributed by atoms with van der Waals surface area (Å²) in [4.78, 5) is 17.3. The molecule has 4 heteroatoms. The highest BCUT2D eigenvalue weighted by Gasteiger charge is 2.18. The third-order valence-electron chi connectivity index (χ3n) is 4.34. The number of hydrogen-bond acceptors (Lipinski definition) is 3. The van der Waals surface area contributed by atoms with Crippen LogP contribution in [0.1, 0.15) is 43.4 Å². The van der Waals surface area contributed by atoms with Gasteiger partial charge in [-0.2, -0.15) is 5.48 Å². The second kappa shape index (κ2) is 5.88. The average molecular weight is 262 g/mol. The lowest BCUT2D eigenvalue weighted by atomic mass is 9.86. The van der Waals surface area contributed by atoms with E-state index in [0.717, 1.165) is 31.9 Å². The highest BCUT2D eigenvalue weighted by molar-refractivity contribution is 5.22. The Morgan fingerprint density at radius 1 is 1.26 bits per heavy atom. The second-order valence-electron chi connectivity index (χ2n) is 5.68. The Morgan fingerprint density at radius 2 is 2.16 bits per heavy atom. The number of fused-ring (bicyclic) bond motifs is 1. The highest BCUT2D eigenvalue weighted by Crippen LogP contribution is 2.26. The van der Waals surface area contributed by atoms with Crippen molar-refractivity contribution in [3.63, 3.8) is 0 Å². The number of nitrogens with zero attached hydrogens (tertiary/aromatic N) is 1. The molecule has 1 N–H and O–H groups in total. The van der Waals surface area contributed by atoms with E-state index in [4.69, 9.17) is 4.84 Å². The van der Waals surface area contributed by atoms with E-state index >= 15 is 0 Å². The summed E-state index contributed by atoms with van der Waals surface area (Å²) in [5.41, 5.74) is 5.58. The molecule has 1 saturated carbocycles. The van der Waals surface area contributed by atoms with Crippen molar-refractivity contribution in [1.82, 2.24) is 10.0 Å². The molecule has 1 aliphatic carbocycles. The molecule has 2 heterocycles. The van der Waals surface area contributed by atoms with Crippen molar-refractivity contribution in [2.75, 3.05) is 6.61 Å². The van der Waals surface area contributed by atoms with E-state index in [1.54, 1.807) is 6.07 Å². The van der Waals surface area contributed by atoms with Gasteiger partial charge in [-0.1, -0.05) is 12.5 Å². The molecular weight excluding hydrogens is 240 g/mol. The Bertz CT molecular complexity index is 491. The van der Waals surface area contributed by atoms with Crippen molar-refractivity contribution in [2.45, 2.75) is 51.6 Å². The van der Waals surface area contributed by atoms with Crippen LogP contribution >= 0.6 is 0 Å². The van der Waals surface area contributed by atoms with Gasteiger partial charge in [-0.15, -0.1) is 0 Å². The first-order chi connectivity index (χ1) is 9.34. The smallest absolute Gasteiger partial charge is 0.250 e. The lowest BCUT2D eigenvalue weighted by Crippen LogP contribution is -2.29. The molecule has 1 aliphatic heterocycles. The first-order valence-electron chi connectivity index (χ1n) is 7.41. The van der Waals surface area contributed by atoms with Crippen LogP contribution in [-0.4, -0.2) is 11.2 Å². The molecule has 104 valence electrons. The van der Waals surface area contributed by atoms with E-state index in [1.807, 2.05) is 10.6 Å². The maximum absolute atomic E-state index is 11.8. The maximum Gasteiger partial charge on any atom is 0.250 e. The molecule has 0 saturated heterocycles. The Kier molecular flexibility index (Phi) is 3.99. The highest BCUT2D eigenvalue weighted by atomic mass is 16.6. The lowest BCUT2D eigenvalue weighted by Gasteiger charge is -2.25. The topological polar surface area (TPSA) is 43.3 Å². The van der Waals surface area contributed by atoms with Crippen LogP contribution in [0.15, 0.2) is 16.9 Å². The number of hydroxylamine groups is 1. The van der Waals surface area contributed by atoms with Crippen LogP contribution in [0, 0.1) is 5.92 Å². The number of nitrogens with one attached hydrogen (secondary N) is 1. The van der Waals surface area contributed by atoms with Crippen LogP contribution in [0.5, 0.6) is 0 Å². The predicted molar refractivity (Wildman–Crippen MR) is 73.8 cm³/mol. The molecule has 1 fully saturated rings. The fraction of sp³-hybridized carbons (Fsp3) is 0.667. The first-order valence-corrected chi connectivity index (χ1v) is 7.41. The zero-order valence-corrected chi connectivity index (χ0v) is 11.4. The summed E-state index contributed by atoms with van der Waals surface area (Å²) in [6.07, 6.45) is 7.26. The van der Waals surface area contributed by atoms with Gasteiger partial charge >= 0.3 is 0 Å². The molecule has 0 spiro atoms. The fourth-order valence-corrected chi connectivity index (χ4v) is 2.89. The van der Waals surface area contributed by atoms with Crippen molar-refractivity contribution in [2.24, 2.45) is 5.92 Å². The van der Waals surface area contributed by atoms with Crippen LogP contribution in [0.2, 0.25) is 0 Å². The normalized spacial score (nSPS) is 18.9. The summed E-state index contributed by atoms with van der Waals surface area (Å²) in [6, 6.07) is 3.62. The Morgan fingerprint density at radius 3 is 2.95 bits per heavy atom. The number of pyridine rings is 1. The van der Waals surface area contributed by atoms with Gasteiger partial charge in [0.2, 0.25) is 0 Å². The van der Waals surface area contributed by atoms with Crippen molar-refractivity contribution in [3.8, 4) is 0 Å². The minimum atomic E-state index is 0.133. The van der Waals surface area contributed by atoms with Gasteiger partial charge < -0.3 is 9.40 Å². The van der Waals surface area contributed by atoms with Crippen molar-refractivity contribution >= 4 is 0 Å².